The molecule has 1 aromatic rings. The molecular formula is C18H26N2O3. The number of urea groups is 1. The standard InChI is InChI=1S/C18H26N2O3/c1-3-23-17(21)16-9-11-20(12-10-16)18(22)19-13-14(2)15-7-5-4-6-8-15/h4-8,14,16H,3,9-13H2,1-2H3,(H,19,22). The number of ether oxygens (including phenoxy) is 1. The van der Waals surface area contributed by atoms with Crippen molar-refractivity contribution in [2.75, 3.05) is 26.2 Å². The van der Waals surface area contributed by atoms with Crippen molar-refractivity contribution in [2.45, 2.75) is 32.6 Å². The fraction of sp³-hybridized carbons (Fsp3) is 0.556. The maximum Gasteiger partial charge on any atom is 0.317 e. The van der Waals surface area contributed by atoms with Gasteiger partial charge in [0.05, 0.1) is 12.5 Å². The second-order valence-corrected chi connectivity index (χ2v) is 6.01. The Balaban J connectivity index is 1.74. The molecule has 0 spiro atoms. The highest BCUT2D eigenvalue weighted by Crippen LogP contribution is 2.19. The minimum atomic E-state index is -0.134. The third kappa shape index (κ3) is 4.98. The molecule has 23 heavy (non-hydrogen) atoms. The fourth-order valence-corrected chi connectivity index (χ4v) is 2.83. The van der Waals surface area contributed by atoms with Crippen LogP contribution in [0.25, 0.3) is 0 Å². The zero-order valence-corrected chi connectivity index (χ0v) is 14.0. The van der Waals surface area contributed by atoms with Gasteiger partial charge in [-0.25, -0.2) is 4.79 Å². The van der Waals surface area contributed by atoms with Gasteiger partial charge in [-0.05, 0) is 31.2 Å². The van der Waals surface area contributed by atoms with Crippen LogP contribution >= 0.6 is 0 Å². The van der Waals surface area contributed by atoms with Crippen LogP contribution in [0.4, 0.5) is 4.79 Å². The summed E-state index contributed by atoms with van der Waals surface area (Å²) in [6.45, 7) is 6.15. The Morgan fingerprint density at radius 3 is 2.52 bits per heavy atom. The zero-order chi connectivity index (χ0) is 16.7. The van der Waals surface area contributed by atoms with Crippen molar-refractivity contribution in [2.24, 2.45) is 5.92 Å². The van der Waals surface area contributed by atoms with Crippen LogP contribution in [0.15, 0.2) is 30.3 Å². The van der Waals surface area contributed by atoms with E-state index in [9.17, 15) is 9.59 Å². The molecule has 1 fully saturated rings. The molecule has 5 nitrogen and oxygen atoms in total. The lowest BCUT2D eigenvalue weighted by molar-refractivity contribution is -0.149. The average Bonchev–Trinajstić information content (AvgIpc) is 2.60. The van der Waals surface area contributed by atoms with E-state index in [0.717, 1.165) is 0 Å². The number of nitrogens with zero attached hydrogens (tertiary/aromatic N) is 1. The van der Waals surface area contributed by atoms with Crippen LogP contribution in [-0.4, -0.2) is 43.1 Å². The highest BCUT2D eigenvalue weighted by Gasteiger charge is 2.28. The number of amides is 2. The summed E-state index contributed by atoms with van der Waals surface area (Å²) in [5.74, 6) is 0.0738. The maximum atomic E-state index is 12.2. The van der Waals surface area contributed by atoms with Crippen molar-refractivity contribution in [1.29, 1.82) is 0 Å². The van der Waals surface area contributed by atoms with Crippen molar-refractivity contribution in [3.63, 3.8) is 0 Å². The molecule has 1 N–H and O–H groups in total. The third-order valence-corrected chi connectivity index (χ3v) is 4.33. The summed E-state index contributed by atoms with van der Waals surface area (Å²) in [6, 6.07) is 10.1. The Labute approximate surface area is 138 Å². The predicted molar refractivity (Wildman–Crippen MR) is 89.2 cm³/mol. The number of hydrogen-bond acceptors (Lipinski definition) is 3. The van der Waals surface area contributed by atoms with E-state index in [1.54, 1.807) is 4.90 Å². The van der Waals surface area contributed by atoms with Crippen LogP contribution in [0.5, 0.6) is 0 Å². The van der Waals surface area contributed by atoms with Crippen molar-refractivity contribution in [3.05, 3.63) is 35.9 Å². The minimum Gasteiger partial charge on any atom is -0.466 e. The van der Waals surface area contributed by atoms with E-state index in [1.165, 1.54) is 5.56 Å². The number of piperidine rings is 1. The molecule has 1 aliphatic heterocycles. The Bertz CT molecular complexity index is 510. The van der Waals surface area contributed by atoms with Gasteiger partial charge in [0.15, 0.2) is 0 Å². The smallest absolute Gasteiger partial charge is 0.317 e. The summed E-state index contributed by atoms with van der Waals surface area (Å²) in [5, 5.41) is 2.99. The first-order chi connectivity index (χ1) is 11.1. The van der Waals surface area contributed by atoms with Crippen LogP contribution < -0.4 is 5.32 Å². The summed E-state index contributed by atoms with van der Waals surface area (Å²) in [7, 11) is 0. The summed E-state index contributed by atoms with van der Waals surface area (Å²) in [6.07, 6.45) is 1.36. The molecule has 1 heterocycles. The largest absolute Gasteiger partial charge is 0.466 e. The molecule has 1 atom stereocenters. The minimum absolute atomic E-state index is 0.0462. The molecule has 0 radical (unpaired) electrons. The molecule has 0 bridgehead atoms. The van der Waals surface area contributed by atoms with Crippen LogP contribution in [0.3, 0.4) is 0 Å². The molecule has 1 unspecified atom stereocenters. The lowest BCUT2D eigenvalue weighted by Crippen LogP contribution is -2.46. The molecule has 1 aliphatic rings. The summed E-state index contributed by atoms with van der Waals surface area (Å²) in [5.41, 5.74) is 1.22. The number of rotatable bonds is 5. The van der Waals surface area contributed by atoms with Gasteiger partial charge in [0.1, 0.15) is 0 Å². The summed E-state index contributed by atoms with van der Waals surface area (Å²) >= 11 is 0. The topological polar surface area (TPSA) is 58.6 Å². The lowest BCUT2D eigenvalue weighted by atomic mass is 9.97. The number of hydrogen-bond donors (Lipinski definition) is 1. The van der Waals surface area contributed by atoms with E-state index in [0.29, 0.717) is 39.1 Å². The number of carbonyl (C=O) groups is 2. The van der Waals surface area contributed by atoms with Gasteiger partial charge in [-0.15, -0.1) is 0 Å². The van der Waals surface area contributed by atoms with Gasteiger partial charge in [-0.2, -0.15) is 0 Å². The molecular weight excluding hydrogens is 292 g/mol. The molecule has 2 amide bonds. The molecule has 126 valence electrons. The SMILES string of the molecule is CCOC(=O)C1CCN(C(=O)NCC(C)c2ccccc2)CC1. The van der Waals surface area contributed by atoms with E-state index in [2.05, 4.69) is 24.4 Å². The Morgan fingerprint density at radius 1 is 1.26 bits per heavy atom. The monoisotopic (exact) mass is 318 g/mol. The van der Waals surface area contributed by atoms with Gasteiger partial charge in [0, 0.05) is 19.6 Å². The van der Waals surface area contributed by atoms with E-state index in [-0.39, 0.29) is 23.8 Å². The number of likely N-dealkylation sites (tertiary alicyclic amines) is 1. The van der Waals surface area contributed by atoms with Gasteiger partial charge in [0.25, 0.3) is 0 Å². The zero-order valence-electron chi connectivity index (χ0n) is 14.0. The van der Waals surface area contributed by atoms with Crippen LogP contribution in [0.1, 0.15) is 38.2 Å². The Hall–Kier alpha value is -2.04. The quantitative estimate of drug-likeness (QED) is 0.849. The third-order valence-electron chi connectivity index (χ3n) is 4.33. The van der Waals surface area contributed by atoms with Gasteiger partial charge in [0.2, 0.25) is 0 Å². The second-order valence-electron chi connectivity index (χ2n) is 6.01. The first-order valence-corrected chi connectivity index (χ1v) is 8.36. The van der Waals surface area contributed by atoms with Crippen LogP contribution in [0, 0.1) is 5.92 Å². The first kappa shape index (κ1) is 17.3. The molecule has 0 aliphatic carbocycles. The van der Waals surface area contributed by atoms with Gasteiger partial charge < -0.3 is 15.0 Å². The molecule has 0 saturated carbocycles. The van der Waals surface area contributed by atoms with Gasteiger partial charge in [-0.1, -0.05) is 37.3 Å². The van der Waals surface area contributed by atoms with E-state index in [1.807, 2.05) is 25.1 Å². The number of nitrogens with one attached hydrogen (secondary N) is 1. The average molecular weight is 318 g/mol. The van der Waals surface area contributed by atoms with Gasteiger partial charge in [-0.3, -0.25) is 4.79 Å². The van der Waals surface area contributed by atoms with Crippen LogP contribution in [-0.2, 0) is 9.53 Å². The van der Waals surface area contributed by atoms with Crippen molar-refractivity contribution in [1.82, 2.24) is 10.2 Å². The van der Waals surface area contributed by atoms with E-state index >= 15 is 0 Å². The van der Waals surface area contributed by atoms with Crippen molar-refractivity contribution >= 4 is 12.0 Å². The van der Waals surface area contributed by atoms with E-state index < -0.39 is 0 Å². The number of carbonyl (C=O) groups excluding carboxylic acids is 2. The molecule has 0 aromatic heterocycles. The fourth-order valence-electron chi connectivity index (χ4n) is 2.83. The molecule has 2 rings (SSSR count). The van der Waals surface area contributed by atoms with Crippen molar-refractivity contribution < 1.29 is 14.3 Å². The summed E-state index contributed by atoms with van der Waals surface area (Å²) < 4.78 is 5.05. The predicted octanol–water partition coefficient (Wildman–Crippen LogP) is 2.77. The maximum absolute atomic E-state index is 12.2. The van der Waals surface area contributed by atoms with E-state index in [4.69, 9.17) is 4.74 Å². The second kappa shape index (κ2) is 8.56. The highest BCUT2D eigenvalue weighted by atomic mass is 16.5. The Morgan fingerprint density at radius 2 is 1.91 bits per heavy atom. The highest BCUT2D eigenvalue weighted by molar-refractivity contribution is 5.76. The lowest BCUT2D eigenvalue weighted by Gasteiger charge is -2.31. The summed E-state index contributed by atoms with van der Waals surface area (Å²) in [4.78, 5) is 25.7. The van der Waals surface area contributed by atoms with Crippen molar-refractivity contribution in [3.8, 4) is 0 Å². The normalized spacial score (nSPS) is 16.7. The van der Waals surface area contributed by atoms with Crippen LogP contribution in [0.2, 0.25) is 0 Å². The first-order valence-electron chi connectivity index (χ1n) is 8.36. The Kier molecular flexibility index (Phi) is 6.44. The molecule has 1 aromatic carbocycles. The molecule has 1 saturated heterocycles. The number of benzene rings is 1. The van der Waals surface area contributed by atoms with Gasteiger partial charge >= 0.3 is 12.0 Å². The molecule has 5 heteroatoms. The number of esters is 1.